The van der Waals surface area contributed by atoms with E-state index in [2.05, 4.69) is 0 Å². The van der Waals surface area contributed by atoms with E-state index in [0.29, 0.717) is 18.8 Å². The van der Waals surface area contributed by atoms with Crippen molar-refractivity contribution in [2.75, 3.05) is 26.9 Å². The van der Waals surface area contributed by atoms with E-state index in [4.69, 9.17) is 9.47 Å². The topological polar surface area (TPSA) is 76.0 Å². The SMILES string of the molecule is COCCOCC(O)CC(Cc1cccc(F)c1)C(=O)O. The second kappa shape index (κ2) is 9.44. The number of carboxylic acids is 1. The average Bonchev–Trinajstić information content (AvgIpc) is 2.43. The van der Waals surface area contributed by atoms with E-state index in [1.54, 1.807) is 13.2 Å². The summed E-state index contributed by atoms with van der Waals surface area (Å²) in [5, 5.41) is 19.0. The van der Waals surface area contributed by atoms with Crippen LogP contribution in [0.15, 0.2) is 24.3 Å². The van der Waals surface area contributed by atoms with Gasteiger partial charge in [-0.05, 0) is 30.5 Å². The summed E-state index contributed by atoms with van der Waals surface area (Å²) < 4.78 is 23.0. The number of aliphatic hydroxyl groups excluding tert-OH is 1. The Morgan fingerprint density at radius 2 is 2.14 bits per heavy atom. The maximum absolute atomic E-state index is 13.1. The van der Waals surface area contributed by atoms with Crippen molar-refractivity contribution < 1.29 is 28.9 Å². The molecule has 0 aliphatic rings. The normalized spacial score (nSPS) is 13.9. The van der Waals surface area contributed by atoms with E-state index < -0.39 is 23.8 Å². The van der Waals surface area contributed by atoms with E-state index >= 15 is 0 Å². The number of methoxy groups -OCH3 is 1. The molecule has 0 aliphatic carbocycles. The van der Waals surface area contributed by atoms with Crippen LogP contribution in [0.2, 0.25) is 0 Å². The van der Waals surface area contributed by atoms with Crippen molar-refractivity contribution in [1.29, 1.82) is 0 Å². The lowest BCUT2D eigenvalue weighted by molar-refractivity contribution is -0.143. The minimum absolute atomic E-state index is 0.0519. The Labute approximate surface area is 123 Å². The first kappa shape index (κ1) is 17.6. The summed E-state index contributed by atoms with van der Waals surface area (Å²) in [6.45, 7) is 0.809. The Hall–Kier alpha value is -1.50. The highest BCUT2D eigenvalue weighted by Gasteiger charge is 2.22. The molecule has 118 valence electrons. The Kier molecular flexibility index (Phi) is 7.89. The van der Waals surface area contributed by atoms with Gasteiger partial charge in [0.05, 0.1) is 31.8 Å². The lowest BCUT2D eigenvalue weighted by Gasteiger charge is -2.17. The number of benzene rings is 1. The Balaban J connectivity index is 2.48. The monoisotopic (exact) mass is 300 g/mol. The van der Waals surface area contributed by atoms with Crippen molar-refractivity contribution in [2.45, 2.75) is 18.9 Å². The summed E-state index contributed by atoms with van der Waals surface area (Å²) in [6.07, 6.45) is -0.655. The minimum Gasteiger partial charge on any atom is -0.481 e. The lowest BCUT2D eigenvalue weighted by Crippen LogP contribution is -2.26. The van der Waals surface area contributed by atoms with Gasteiger partial charge in [0.15, 0.2) is 0 Å². The van der Waals surface area contributed by atoms with Crippen molar-refractivity contribution in [3.05, 3.63) is 35.6 Å². The quantitative estimate of drug-likeness (QED) is 0.640. The average molecular weight is 300 g/mol. The zero-order valence-electron chi connectivity index (χ0n) is 12.0. The Morgan fingerprint density at radius 1 is 1.38 bits per heavy atom. The zero-order chi connectivity index (χ0) is 15.7. The third-order valence-electron chi connectivity index (χ3n) is 3.02. The maximum Gasteiger partial charge on any atom is 0.306 e. The largest absolute Gasteiger partial charge is 0.481 e. The fourth-order valence-corrected chi connectivity index (χ4v) is 1.98. The van der Waals surface area contributed by atoms with E-state index in [9.17, 15) is 19.4 Å². The fourth-order valence-electron chi connectivity index (χ4n) is 1.98. The maximum atomic E-state index is 13.1. The van der Waals surface area contributed by atoms with E-state index in [-0.39, 0.29) is 19.4 Å². The van der Waals surface area contributed by atoms with Crippen LogP contribution >= 0.6 is 0 Å². The summed E-state index contributed by atoms with van der Waals surface area (Å²) in [5.41, 5.74) is 0.593. The van der Waals surface area contributed by atoms with Crippen molar-refractivity contribution in [3.63, 3.8) is 0 Å². The molecule has 0 amide bonds. The number of carboxylic acid groups (broad SMARTS) is 1. The molecule has 0 radical (unpaired) electrons. The number of rotatable bonds is 10. The van der Waals surface area contributed by atoms with E-state index in [1.165, 1.54) is 18.2 Å². The molecule has 0 spiro atoms. The molecule has 1 aromatic carbocycles. The molecule has 5 nitrogen and oxygen atoms in total. The van der Waals surface area contributed by atoms with Crippen LogP contribution in [0.25, 0.3) is 0 Å². The van der Waals surface area contributed by atoms with Crippen LogP contribution in [-0.2, 0) is 20.7 Å². The van der Waals surface area contributed by atoms with Crippen LogP contribution in [-0.4, -0.2) is 49.2 Å². The number of carbonyl (C=O) groups is 1. The van der Waals surface area contributed by atoms with Gasteiger partial charge in [-0.25, -0.2) is 4.39 Å². The summed E-state index contributed by atoms with van der Waals surface area (Å²) in [7, 11) is 1.54. The van der Waals surface area contributed by atoms with E-state index in [1.807, 2.05) is 0 Å². The Bertz CT molecular complexity index is 438. The highest BCUT2D eigenvalue weighted by atomic mass is 19.1. The molecule has 2 unspecified atom stereocenters. The predicted molar refractivity (Wildman–Crippen MR) is 74.5 cm³/mol. The van der Waals surface area contributed by atoms with Gasteiger partial charge in [0.25, 0.3) is 0 Å². The summed E-state index contributed by atoms with van der Waals surface area (Å²) in [6, 6.07) is 5.81. The van der Waals surface area contributed by atoms with Crippen LogP contribution < -0.4 is 0 Å². The van der Waals surface area contributed by atoms with Crippen molar-refractivity contribution >= 4 is 5.97 Å². The van der Waals surface area contributed by atoms with Crippen LogP contribution in [0.5, 0.6) is 0 Å². The molecule has 1 rings (SSSR count). The molecule has 0 aromatic heterocycles. The highest BCUT2D eigenvalue weighted by molar-refractivity contribution is 5.70. The first-order valence-electron chi connectivity index (χ1n) is 6.75. The van der Waals surface area contributed by atoms with Gasteiger partial charge in [-0.15, -0.1) is 0 Å². The third kappa shape index (κ3) is 7.17. The van der Waals surface area contributed by atoms with Gasteiger partial charge < -0.3 is 19.7 Å². The van der Waals surface area contributed by atoms with Gasteiger partial charge in [0, 0.05) is 7.11 Å². The van der Waals surface area contributed by atoms with Gasteiger partial charge in [0.1, 0.15) is 5.82 Å². The summed E-state index contributed by atoms with van der Waals surface area (Å²) in [4.78, 5) is 11.2. The molecule has 6 heteroatoms. The molecule has 0 saturated carbocycles. The molecule has 0 aliphatic heterocycles. The van der Waals surface area contributed by atoms with Crippen LogP contribution in [0.1, 0.15) is 12.0 Å². The second-order valence-electron chi connectivity index (χ2n) is 4.83. The summed E-state index contributed by atoms with van der Waals surface area (Å²) >= 11 is 0. The molecule has 0 bridgehead atoms. The molecule has 21 heavy (non-hydrogen) atoms. The summed E-state index contributed by atoms with van der Waals surface area (Å²) in [5.74, 6) is -2.21. The van der Waals surface area contributed by atoms with Gasteiger partial charge >= 0.3 is 5.97 Å². The van der Waals surface area contributed by atoms with Gasteiger partial charge in [-0.1, -0.05) is 12.1 Å². The predicted octanol–water partition coefficient (Wildman–Crippen LogP) is 1.48. The molecule has 0 heterocycles. The number of hydrogen-bond donors (Lipinski definition) is 2. The number of aliphatic hydroxyl groups is 1. The first-order valence-corrected chi connectivity index (χ1v) is 6.75. The van der Waals surface area contributed by atoms with E-state index in [0.717, 1.165) is 0 Å². The molecule has 0 saturated heterocycles. The standard InChI is InChI=1S/C15H21FO5/c1-20-5-6-21-10-14(17)9-12(15(18)19)7-11-3-2-4-13(16)8-11/h2-4,8,12,14,17H,5-7,9-10H2,1H3,(H,18,19). The molecule has 1 aromatic rings. The van der Waals surface area contributed by atoms with Gasteiger partial charge in [-0.3, -0.25) is 4.79 Å². The minimum atomic E-state index is -1.02. The number of ether oxygens (including phenoxy) is 2. The Morgan fingerprint density at radius 3 is 2.76 bits per heavy atom. The molecular formula is C15H21FO5. The van der Waals surface area contributed by atoms with Crippen molar-refractivity contribution in [3.8, 4) is 0 Å². The highest BCUT2D eigenvalue weighted by Crippen LogP contribution is 2.16. The smallest absolute Gasteiger partial charge is 0.306 e. The first-order chi connectivity index (χ1) is 10.0. The van der Waals surface area contributed by atoms with Crippen LogP contribution in [0, 0.1) is 11.7 Å². The van der Waals surface area contributed by atoms with Crippen LogP contribution in [0.3, 0.4) is 0 Å². The van der Waals surface area contributed by atoms with Crippen molar-refractivity contribution in [2.24, 2.45) is 5.92 Å². The second-order valence-corrected chi connectivity index (χ2v) is 4.83. The number of aliphatic carboxylic acids is 1. The number of halogens is 1. The number of hydrogen-bond acceptors (Lipinski definition) is 4. The zero-order valence-corrected chi connectivity index (χ0v) is 12.0. The third-order valence-corrected chi connectivity index (χ3v) is 3.02. The van der Waals surface area contributed by atoms with Gasteiger partial charge in [-0.2, -0.15) is 0 Å². The van der Waals surface area contributed by atoms with Crippen LogP contribution in [0.4, 0.5) is 4.39 Å². The molecular weight excluding hydrogens is 279 g/mol. The molecule has 0 fully saturated rings. The molecule has 2 atom stereocenters. The lowest BCUT2D eigenvalue weighted by atomic mass is 9.94. The van der Waals surface area contributed by atoms with Gasteiger partial charge in [0.2, 0.25) is 0 Å². The fraction of sp³-hybridized carbons (Fsp3) is 0.533. The molecule has 2 N–H and O–H groups in total. The van der Waals surface area contributed by atoms with Crippen molar-refractivity contribution in [1.82, 2.24) is 0 Å².